The van der Waals surface area contributed by atoms with Crippen LogP contribution < -0.4 is 0 Å². The number of hydrogen-bond acceptors (Lipinski definition) is 3. The van der Waals surface area contributed by atoms with Gasteiger partial charge < -0.3 is 10.0 Å². The van der Waals surface area contributed by atoms with Gasteiger partial charge in [0.15, 0.2) is 0 Å². The highest BCUT2D eigenvalue weighted by Gasteiger charge is 2.30. The van der Waals surface area contributed by atoms with Crippen LogP contribution in [0.4, 0.5) is 0 Å². The summed E-state index contributed by atoms with van der Waals surface area (Å²) in [7, 11) is 0. The first-order chi connectivity index (χ1) is 10.6. The number of carboxylic acids is 1. The minimum absolute atomic E-state index is 0.0272. The third-order valence-corrected chi connectivity index (χ3v) is 5.12. The van der Waals surface area contributed by atoms with Gasteiger partial charge in [0, 0.05) is 17.0 Å². The maximum Gasteiger partial charge on any atom is 0.335 e. The van der Waals surface area contributed by atoms with E-state index in [0.717, 1.165) is 12.8 Å². The fourth-order valence-corrected chi connectivity index (χ4v) is 3.93. The molecule has 0 unspecified atom stereocenters. The molecule has 1 N–H and O–H groups in total. The SMILES string of the molecule is CC[C@H]1c2ccsc2CCN1C(=O)c1ccc(C(=O)O)cc1. The van der Waals surface area contributed by atoms with Crippen molar-refractivity contribution in [2.75, 3.05) is 6.54 Å². The van der Waals surface area contributed by atoms with Crippen molar-refractivity contribution in [1.82, 2.24) is 4.90 Å². The quantitative estimate of drug-likeness (QED) is 0.941. The van der Waals surface area contributed by atoms with Crippen LogP contribution in [0, 0.1) is 0 Å². The van der Waals surface area contributed by atoms with Crippen molar-refractivity contribution in [3.05, 3.63) is 57.3 Å². The van der Waals surface area contributed by atoms with Gasteiger partial charge in [0.2, 0.25) is 0 Å². The Morgan fingerprint density at radius 3 is 2.55 bits per heavy atom. The van der Waals surface area contributed by atoms with E-state index >= 15 is 0 Å². The van der Waals surface area contributed by atoms with Gasteiger partial charge in [0.1, 0.15) is 0 Å². The Bertz CT molecular complexity index is 705. The van der Waals surface area contributed by atoms with Gasteiger partial charge >= 0.3 is 5.97 Å². The van der Waals surface area contributed by atoms with Gasteiger partial charge in [-0.3, -0.25) is 4.79 Å². The first-order valence-electron chi connectivity index (χ1n) is 7.32. The Morgan fingerprint density at radius 1 is 1.23 bits per heavy atom. The van der Waals surface area contributed by atoms with Gasteiger partial charge in [0.05, 0.1) is 11.6 Å². The largest absolute Gasteiger partial charge is 0.478 e. The summed E-state index contributed by atoms with van der Waals surface area (Å²) in [6, 6.07) is 8.39. The molecule has 1 atom stereocenters. The van der Waals surface area contributed by atoms with Crippen LogP contribution in [0.15, 0.2) is 35.7 Å². The first-order valence-corrected chi connectivity index (χ1v) is 8.20. The maximum atomic E-state index is 12.8. The van der Waals surface area contributed by atoms with E-state index in [2.05, 4.69) is 18.4 Å². The van der Waals surface area contributed by atoms with Crippen molar-refractivity contribution < 1.29 is 14.7 Å². The van der Waals surface area contributed by atoms with Gasteiger partial charge in [-0.25, -0.2) is 4.79 Å². The van der Waals surface area contributed by atoms with Crippen molar-refractivity contribution in [1.29, 1.82) is 0 Å². The molecule has 0 fully saturated rings. The van der Waals surface area contributed by atoms with E-state index in [1.165, 1.54) is 22.6 Å². The number of carbonyl (C=O) groups is 2. The second kappa shape index (κ2) is 5.93. The fourth-order valence-electron chi connectivity index (χ4n) is 3.00. The van der Waals surface area contributed by atoms with Gasteiger partial charge in [-0.05, 0) is 54.1 Å². The van der Waals surface area contributed by atoms with Crippen LogP contribution in [-0.4, -0.2) is 28.4 Å². The predicted octanol–water partition coefficient (Wildman–Crippen LogP) is 3.60. The number of benzene rings is 1. The summed E-state index contributed by atoms with van der Waals surface area (Å²) in [4.78, 5) is 26.9. The van der Waals surface area contributed by atoms with Crippen LogP contribution in [-0.2, 0) is 6.42 Å². The number of aromatic carboxylic acids is 1. The zero-order valence-corrected chi connectivity index (χ0v) is 13.1. The van der Waals surface area contributed by atoms with Gasteiger partial charge in [-0.2, -0.15) is 0 Å². The number of nitrogens with zero attached hydrogens (tertiary/aromatic N) is 1. The smallest absolute Gasteiger partial charge is 0.335 e. The van der Waals surface area contributed by atoms with E-state index in [-0.39, 0.29) is 17.5 Å². The summed E-state index contributed by atoms with van der Waals surface area (Å²) in [6.07, 6.45) is 1.77. The number of amides is 1. The van der Waals surface area contributed by atoms with Crippen LogP contribution >= 0.6 is 11.3 Å². The van der Waals surface area contributed by atoms with E-state index in [9.17, 15) is 9.59 Å². The second-order valence-electron chi connectivity index (χ2n) is 5.35. The molecule has 0 saturated carbocycles. The third kappa shape index (κ3) is 2.52. The van der Waals surface area contributed by atoms with E-state index in [4.69, 9.17) is 5.11 Å². The monoisotopic (exact) mass is 315 g/mol. The Hall–Kier alpha value is -2.14. The number of thiophene rings is 1. The lowest BCUT2D eigenvalue weighted by Gasteiger charge is -2.35. The van der Waals surface area contributed by atoms with Crippen LogP contribution in [0.1, 0.15) is 50.5 Å². The molecule has 1 aliphatic rings. The molecule has 0 radical (unpaired) electrons. The topological polar surface area (TPSA) is 57.6 Å². The Morgan fingerprint density at radius 2 is 1.91 bits per heavy atom. The Kier molecular flexibility index (Phi) is 3.98. The maximum absolute atomic E-state index is 12.8. The molecule has 114 valence electrons. The fraction of sp³-hybridized carbons (Fsp3) is 0.294. The predicted molar refractivity (Wildman–Crippen MR) is 85.5 cm³/mol. The van der Waals surface area contributed by atoms with Crippen molar-refractivity contribution in [3.63, 3.8) is 0 Å². The number of carbonyl (C=O) groups excluding carboxylic acids is 1. The van der Waals surface area contributed by atoms with Crippen LogP contribution in [0.3, 0.4) is 0 Å². The van der Waals surface area contributed by atoms with Crippen LogP contribution in [0.5, 0.6) is 0 Å². The summed E-state index contributed by atoms with van der Waals surface area (Å²) in [5.74, 6) is -1.01. The number of carboxylic acid groups (broad SMARTS) is 1. The summed E-state index contributed by atoms with van der Waals surface area (Å²) in [5.41, 5.74) is 2.00. The van der Waals surface area contributed by atoms with Crippen molar-refractivity contribution >= 4 is 23.2 Å². The molecule has 1 aromatic heterocycles. The van der Waals surface area contributed by atoms with E-state index < -0.39 is 5.97 Å². The number of fused-ring (bicyclic) bond motifs is 1. The number of hydrogen-bond donors (Lipinski definition) is 1. The summed E-state index contributed by atoms with van der Waals surface area (Å²) in [5, 5.41) is 11.0. The standard InChI is InChI=1S/C17H17NO3S/c1-2-14-13-8-10-22-15(13)7-9-18(14)16(19)11-3-5-12(6-4-11)17(20)21/h3-6,8,10,14H,2,7,9H2,1H3,(H,20,21)/t14-/m0/s1. The molecule has 2 heterocycles. The van der Waals surface area contributed by atoms with Crippen molar-refractivity contribution in [2.24, 2.45) is 0 Å². The third-order valence-electron chi connectivity index (χ3n) is 4.12. The zero-order valence-electron chi connectivity index (χ0n) is 12.3. The first kappa shape index (κ1) is 14.8. The molecule has 0 saturated heterocycles. The molecule has 22 heavy (non-hydrogen) atoms. The molecule has 0 aliphatic carbocycles. The summed E-state index contributed by atoms with van der Waals surface area (Å²) >= 11 is 1.76. The van der Waals surface area contributed by atoms with E-state index in [0.29, 0.717) is 12.1 Å². The highest BCUT2D eigenvalue weighted by molar-refractivity contribution is 7.10. The molecule has 2 aromatic rings. The van der Waals surface area contributed by atoms with Gasteiger partial charge in [-0.1, -0.05) is 6.92 Å². The van der Waals surface area contributed by atoms with E-state index in [1.807, 2.05) is 4.90 Å². The second-order valence-corrected chi connectivity index (χ2v) is 6.35. The highest BCUT2D eigenvalue weighted by Crippen LogP contribution is 2.35. The van der Waals surface area contributed by atoms with Gasteiger partial charge in [-0.15, -0.1) is 11.3 Å². The van der Waals surface area contributed by atoms with E-state index in [1.54, 1.807) is 23.5 Å². The Balaban J connectivity index is 1.87. The van der Waals surface area contributed by atoms with Crippen molar-refractivity contribution in [3.8, 4) is 0 Å². The summed E-state index contributed by atoms with van der Waals surface area (Å²) < 4.78 is 0. The van der Waals surface area contributed by atoms with Crippen LogP contribution in [0.25, 0.3) is 0 Å². The lowest BCUT2D eigenvalue weighted by molar-refractivity contribution is 0.0653. The lowest BCUT2D eigenvalue weighted by atomic mass is 9.96. The van der Waals surface area contributed by atoms with Crippen molar-refractivity contribution in [2.45, 2.75) is 25.8 Å². The minimum atomic E-state index is -0.980. The Labute approximate surface area is 133 Å². The molecule has 0 spiro atoms. The molecular formula is C17H17NO3S. The average Bonchev–Trinajstić information content (AvgIpc) is 3.01. The number of rotatable bonds is 3. The van der Waals surface area contributed by atoms with Gasteiger partial charge in [0.25, 0.3) is 5.91 Å². The molecule has 1 aromatic carbocycles. The average molecular weight is 315 g/mol. The normalized spacial score (nSPS) is 17.1. The molecule has 0 bridgehead atoms. The summed E-state index contributed by atoms with van der Waals surface area (Å²) in [6.45, 7) is 2.80. The molecule has 3 rings (SSSR count). The molecular weight excluding hydrogens is 298 g/mol. The highest BCUT2D eigenvalue weighted by atomic mass is 32.1. The lowest BCUT2D eigenvalue weighted by Crippen LogP contribution is -2.39. The molecule has 5 heteroatoms. The molecule has 1 amide bonds. The minimum Gasteiger partial charge on any atom is -0.478 e. The zero-order chi connectivity index (χ0) is 15.7. The molecule has 4 nitrogen and oxygen atoms in total. The van der Waals surface area contributed by atoms with Crippen LogP contribution in [0.2, 0.25) is 0 Å². The molecule has 1 aliphatic heterocycles.